The second-order valence-corrected chi connectivity index (χ2v) is 4.82. The number of halogens is 3. The number of carbonyl (C=O) groups excluding carboxylic acids is 2. The van der Waals surface area contributed by atoms with Gasteiger partial charge in [-0.2, -0.15) is 0 Å². The fourth-order valence-electron chi connectivity index (χ4n) is 1.81. The first kappa shape index (κ1) is 16.5. The van der Waals surface area contributed by atoms with Crippen molar-refractivity contribution >= 4 is 17.5 Å². The van der Waals surface area contributed by atoms with Crippen molar-refractivity contribution in [2.75, 3.05) is 5.32 Å². The van der Waals surface area contributed by atoms with Crippen LogP contribution in [-0.4, -0.2) is 17.9 Å². The predicted octanol–water partition coefficient (Wildman–Crippen LogP) is 2.86. The fourth-order valence-corrected chi connectivity index (χ4v) is 1.81. The largest absolute Gasteiger partial charge is 0.341 e. The lowest BCUT2D eigenvalue weighted by Crippen LogP contribution is -2.41. The summed E-state index contributed by atoms with van der Waals surface area (Å²) in [7, 11) is 0. The maximum atomic E-state index is 13.5. The van der Waals surface area contributed by atoms with Crippen molar-refractivity contribution in [1.82, 2.24) is 5.32 Å². The third-order valence-electron chi connectivity index (χ3n) is 3.02. The monoisotopic (exact) mass is 322 g/mol. The molecule has 0 aliphatic carbocycles. The Hall–Kier alpha value is -2.83. The topological polar surface area (TPSA) is 58.2 Å². The van der Waals surface area contributed by atoms with Gasteiger partial charge in [0.05, 0.1) is 5.69 Å². The molecule has 2 rings (SSSR count). The molecule has 0 saturated heterocycles. The van der Waals surface area contributed by atoms with Crippen molar-refractivity contribution in [2.24, 2.45) is 0 Å². The van der Waals surface area contributed by atoms with Crippen LogP contribution in [0.2, 0.25) is 0 Å². The van der Waals surface area contributed by atoms with Gasteiger partial charge in [0.1, 0.15) is 23.5 Å². The highest BCUT2D eigenvalue weighted by Crippen LogP contribution is 2.15. The number of benzene rings is 2. The molecule has 2 aromatic rings. The Balaban J connectivity index is 2.01. The van der Waals surface area contributed by atoms with Crippen LogP contribution in [0.5, 0.6) is 0 Å². The van der Waals surface area contributed by atoms with Crippen molar-refractivity contribution in [1.29, 1.82) is 0 Å². The third kappa shape index (κ3) is 4.32. The summed E-state index contributed by atoms with van der Waals surface area (Å²) >= 11 is 0. The molecule has 0 aliphatic heterocycles. The minimum atomic E-state index is -1.00. The molecule has 23 heavy (non-hydrogen) atoms. The van der Waals surface area contributed by atoms with Crippen LogP contribution in [0.15, 0.2) is 42.5 Å². The Morgan fingerprint density at radius 3 is 2.35 bits per heavy atom. The zero-order valence-corrected chi connectivity index (χ0v) is 12.1. The molecule has 0 saturated carbocycles. The molecule has 0 aliphatic rings. The van der Waals surface area contributed by atoms with Gasteiger partial charge in [0.25, 0.3) is 5.91 Å². The van der Waals surface area contributed by atoms with Gasteiger partial charge < -0.3 is 10.6 Å². The van der Waals surface area contributed by atoms with Gasteiger partial charge in [-0.25, -0.2) is 13.2 Å². The number of hydrogen-bond donors (Lipinski definition) is 2. The summed E-state index contributed by atoms with van der Waals surface area (Å²) in [6.07, 6.45) is 0. The Morgan fingerprint density at radius 2 is 1.70 bits per heavy atom. The molecule has 4 nitrogen and oxygen atoms in total. The maximum absolute atomic E-state index is 13.5. The molecule has 0 aromatic heterocycles. The van der Waals surface area contributed by atoms with Crippen LogP contribution in [0.4, 0.5) is 18.9 Å². The number of nitrogens with one attached hydrogen (secondary N) is 2. The van der Waals surface area contributed by atoms with Gasteiger partial charge in [0, 0.05) is 11.6 Å². The summed E-state index contributed by atoms with van der Waals surface area (Å²) in [6, 6.07) is 6.66. The normalized spacial score (nSPS) is 11.7. The lowest BCUT2D eigenvalue weighted by Gasteiger charge is -2.14. The van der Waals surface area contributed by atoms with E-state index in [2.05, 4.69) is 10.6 Å². The van der Waals surface area contributed by atoms with E-state index in [9.17, 15) is 22.8 Å². The van der Waals surface area contributed by atoms with Crippen molar-refractivity contribution in [3.05, 3.63) is 65.5 Å². The Kier molecular flexibility index (Phi) is 5.00. The first-order chi connectivity index (χ1) is 10.9. The molecule has 1 atom stereocenters. The lowest BCUT2D eigenvalue weighted by molar-refractivity contribution is -0.117. The highest BCUT2D eigenvalue weighted by molar-refractivity contribution is 6.00. The molecule has 0 spiro atoms. The van der Waals surface area contributed by atoms with E-state index in [4.69, 9.17) is 0 Å². The molecule has 2 N–H and O–H groups in total. The molecule has 7 heteroatoms. The average Bonchev–Trinajstić information content (AvgIpc) is 2.49. The van der Waals surface area contributed by atoms with Gasteiger partial charge in [0.15, 0.2) is 0 Å². The van der Waals surface area contributed by atoms with Gasteiger partial charge in [-0.15, -0.1) is 0 Å². The number of rotatable bonds is 4. The second kappa shape index (κ2) is 6.95. The van der Waals surface area contributed by atoms with Gasteiger partial charge in [-0.3, -0.25) is 9.59 Å². The molecule has 2 amide bonds. The van der Waals surface area contributed by atoms with Crippen molar-refractivity contribution < 1.29 is 22.8 Å². The Labute approximate surface area is 130 Å². The summed E-state index contributed by atoms with van der Waals surface area (Å²) in [5, 5.41) is 4.60. The van der Waals surface area contributed by atoms with E-state index < -0.39 is 35.3 Å². The van der Waals surface area contributed by atoms with E-state index in [1.807, 2.05) is 0 Å². The van der Waals surface area contributed by atoms with E-state index in [1.165, 1.54) is 25.1 Å². The zero-order chi connectivity index (χ0) is 17.0. The number of anilines is 1. The van der Waals surface area contributed by atoms with Gasteiger partial charge >= 0.3 is 0 Å². The predicted molar refractivity (Wildman–Crippen MR) is 78.3 cm³/mol. The molecule has 2 aromatic carbocycles. The molecule has 0 bridgehead atoms. The van der Waals surface area contributed by atoms with Crippen LogP contribution in [0.1, 0.15) is 17.3 Å². The second-order valence-electron chi connectivity index (χ2n) is 4.82. The van der Waals surface area contributed by atoms with Gasteiger partial charge in [-0.05, 0) is 37.3 Å². The Bertz CT molecular complexity index is 750. The summed E-state index contributed by atoms with van der Waals surface area (Å²) in [4.78, 5) is 23.8. The molecule has 0 radical (unpaired) electrons. The maximum Gasteiger partial charge on any atom is 0.252 e. The first-order valence-corrected chi connectivity index (χ1v) is 6.69. The summed E-state index contributed by atoms with van der Waals surface area (Å²) in [5.74, 6) is -3.62. The van der Waals surface area contributed by atoms with E-state index >= 15 is 0 Å². The standard InChI is InChI=1S/C16H13F3N2O2/c1-9(20-16(23)10-3-2-4-11(17)7-10)15(22)21-14-6-5-12(18)8-13(14)19/h2-9H,1H3,(H,20,23)(H,21,22)/t9-/m0/s1. The van der Waals surface area contributed by atoms with Crippen LogP contribution >= 0.6 is 0 Å². The summed E-state index contributed by atoms with van der Waals surface area (Å²) in [6.45, 7) is 1.38. The van der Waals surface area contributed by atoms with Gasteiger partial charge in [-0.1, -0.05) is 6.07 Å². The van der Waals surface area contributed by atoms with Gasteiger partial charge in [0.2, 0.25) is 5.91 Å². The van der Waals surface area contributed by atoms with Crippen LogP contribution in [0, 0.1) is 17.5 Å². The minimum absolute atomic E-state index is 0.0533. The van der Waals surface area contributed by atoms with E-state index in [-0.39, 0.29) is 11.3 Å². The SMILES string of the molecule is C[C@H](NC(=O)c1cccc(F)c1)C(=O)Nc1ccc(F)cc1F. The quantitative estimate of drug-likeness (QED) is 0.909. The molecule has 120 valence electrons. The van der Waals surface area contributed by atoms with Crippen molar-refractivity contribution in [2.45, 2.75) is 13.0 Å². The van der Waals surface area contributed by atoms with Crippen LogP contribution in [0.3, 0.4) is 0 Å². The zero-order valence-electron chi connectivity index (χ0n) is 12.1. The fraction of sp³-hybridized carbons (Fsp3) is 0.125. The number of hydrogen-bond acceptors (Lipinski definition) is 2. The van der Waals surface area contributed by atoms with Crippen molar-refractivity contribution in [3.8, 4) is 0 Å². The molecule has 0 heterocycles. The molecular weight excluding hydrogens is 309 g/mol. The lowest BCUT2D eigenvalue weighted by atomic mass is 10.2. The summed E-state index contributed by atoms with van der Waals surface area (Å²) in [5.41, 5.74) is -0.152. The minimum Gasteiger partial charge on any atom is -0.341 e. The van der Waals surface area contributed by atoms with E-state index in [0.29, 0.717) is 6.07 Å². The summed E-state index contributed by atoms with van der Waals surface area (Å²) < 4.78 is 39.3. The highest BCUT2D eigenvalue weighted by atomic mass is 19.1. The number of amides is 2. The molecular formula is C16H13F3N2O2. The van der Waals surface area contributed by atoms with Crippen LogP contribution in [0.25, 0.3) is 0 Å². The highest BCUT2D eigenvalue weighted by Gasteiger charge is 2.18. The average molecular weight is 322 g/mol. The van der Waals surface area contributed by atoms with Crippen molar-refractivity contribution in [3.63, 3.8) is 0 Å². The first-order valence-electron chi connectivity index (χ1n) is 6.69. The molecule has 0 unspecified atom stereocenters. The van der Waals surface area contributed by atoms with Crippen LogP contribution < -0.4 is 10.6 Å². The molecule has 0 fully saturated rings. The number of carbonyl (C=O) groups is 2. The van der Waals surface area contributed by atoms with E-state index in [0.717, 1.165) is 18.2 Å². The Morgan fingerprint density at radius 1 is 1.00 bits per heavy atom. The smallest absolute Gasteiger partial charge is 0.252 e. The van der Waals surface area contributed by atoms with E-state index in [1.54, 1.807) is 0 Å². The third-order valence-corrected chi connectivity index (χ3v) is 3.02. The van der Waals surface area contributed by atoms with Crippen LogP contribution in [-0.2, 0) is 4.79 Å².